The first-order valence-corrected chi connectivity index (χ1v) is 9.27. The van der Waals surface area contributed by atoms with Gasteiger partial charge in [0.1, 0.15) is 13.1 Å². The predicted octanol–water partition coefficient (Wildman–Crippen LogP) is 0.322. The number of amides is 2. The van der Waals surface area contributed by atoms with Gasteiger partial charge in [-0.15, -0.1) is 0 Å². The van der Waals surface area contributed by atoms with Crippen molar-refractivity contribution in [3.8, 4) is 0 Å². The molecule has 2 heterocycles. The number of carbonyl (C=O) groups excluding carboxylic acids is 2. The van der Waals surface area contributed by atoms with Crippen molar-refractivity contribution in [1.29, 1.82) is 0 Å². The fraction of sp³-hybridized carbons (Fsp3) is 0.368. The first-order valence-electron chi connectivity index (χ1n) is 8.89. The van der Waals surface area contributed by atoms with Crippen molar-refractivity contribution >= 4 is 23.4 Å². The zero-order valence-electron chi connectivity index (χ0n) is 14.9. The van der Waals surface area contributed by atoms with Gasteiger partial charge in [-0.3, -0.25) is 9.59 Å². The third kappa shape index (κ3) is 5.56. The number of hydrogen-bond donors (Lipinski definition) is 3. The van der Waals surface area contributed by atoms with Crippen molar-refractivity contribution in [2.24, 2.45) is 0 Å². The number of hydrogen-bond acceptors (Lipinski definition) is 4. The van der Waals surface area contributed by atoms with E-state index in [9.17, 15) is 9.59 Å². The summed E-state index contributed by atoms with van der Waals surface area (Å²) in [5.74, 6) is -0.540. The number of quaternary nitrogens is 1. The van der Waals surface area contributed by atoms with Crippen LogP contribution in [0, 0.1) is 0 Å². The van der Waals surface area contributed by atoms with Crippen LogP contribution in [0.15, 0.2) is 47.1 Å². The van der Waals surface area contributed by atoms with E-state index in [0.717, 1.165) is 24.4 Å². The van der Waals surface area contributed by atoms with E-state index in [1.165, 1.54) is 4.90 Å². The van der Waals surface area contributed by atoms with Gasteiger partial charge in [-0.25, -0.2) is 0 Å². The van der Waals surface area contributed by atoms with Crippen LogP contribution in [-0.2, 0) is 20.9 Å². The molecule has 27 heavy (non-hydrogen) atoms. The number of rotatable bonds is 6. The molecule has 1 saturated heterocycles. The first-order chi connectivity index (χ1) is 13.1. The molecule has 0 bridgehead atoms. The number of halogens is 1. The summed E-state index contributed by atoms with van der Waals surface area (Å²) in [4.78, 5) is 25.5. The van der Waals surface area contributed by atoms with E-state index in [1.54, 1.807) is 30.5 Å². The minimum atomic E-state index is -0.667. The molecule has 0 spiro atoms. The molecule has 0 saturated carbocycles. The summed E-state index contributed by atoms with van der Waals surface area (Å²) in [5, 5.41) is 5.95. The highest BCUT2D eigenvalue weighted by atomic mass is 35.5. The molecule has 144 valence electrons. The molecule has 0 radical (unpaired) electrons. The van der Waals surface area contributed by atoms with Crippen LogP contribution in [0.2, 0.25) is 5.02 Å². The van der Waals surface area contributed by atoms with Crippen molar-refractivity contribution in [2.75, 3.05) is 32.8 Å². The van der Waals surface area contributed by atoms with E-state index in [2.05, 4.69) is 10.6 Å². The SMILES string of the molecule is O=C(NCc1ccc(Cl)cc1)C(=O)NC[C@H](c1ccco1)[NH+]1CCOCC1. The fourth-order valence-electron chi connectivity index (χ4n) is 3.06. The molecule has 1 fully saturated rings. The maximum absolute atomic E-state index is 12.2. The lowest BCUT2D eigenvalue weighted by molar-refractivity contribution is -0.938. The zero-order chi connectivity index (χ0) is 19.1. The van der Waals surface area contributed by atoms with E-state index in [-0.39, 0.29) is 12.6 Å². The van der Waals surface area contributed by atoms with Gasteiger partial charge in [0.2, 0.25) is 0 Å². The van der Waals surface area contributed by atoms with Crippen molar-refractivity contribution in [2.45, 2.75) is 12.6 Å². The predicted molar refractivity (Wildman–Crippen MR) is 99.3 cm³/mol. The highest BCUT2D eigenvalue weighted by Crippen LogP contribution is 2.10. The average Bonchev–Trinajstić information content (AvgIpc) is 3.22. The Morgan fingerprint density at radius 2 is 1.78 bits per heavy atom. The molecule has 7 nitrogen and oxygen atoms in total. The summed E-state index contributed by atoms with van der Waals surface area (Å²) in [6, 6.07) is 10.7. The maximum atomic E-state index is 12.2. The number of morpholine rings is 1. The van der Waals surface area contributed by atoms with Gasteiger partial charge in [0.25, 0.3) is 0 Å². The quantitative estimate of drug-likeness (QED) is 0.618. The Balaban J connectivity index is 1.52. The molecule has 2 aromatic rings. The molecular weight excluding hydrogens is 370 g/mol. The summed E-state index contributed by atoms with van der Waals surface area (Å²) in [7, 11) is 0. The van der Waals surface area contributed by atoms with E-state index >= 15 is 0 Å². The molecule has 0 unspecified atom stereocenters. The zero-order valence-corrected chi connectivity index (χ0v) is 15.6. The van der Waals surface area contributed by atoms with Crippen LogP contribution in [0.4, 0.5) is 0 Å². The van der Waals surface area contributed by atoms with Crippen molar-refractivity contribution in [1.82, 2.24) is 10.6 Å². The summed E-state index contributed by atoms with van der Waals surface area (Å²) in [6.07, 6.45) is 1.61. The smallest absolute Gasteiger partial charge is 0.309 e. The summed E-state index contributed by atoms with van der Waals surface area (Å²) < 4.78 is 10.9. The van der Waals surface area contributed by atoms with Crippen LogP contribution in [0.1, 0.15) is 17.4 Å². The topological polar surface area (TPSA) is 85.0 Å². The van der Waals surface area contributed by atoms with Crippen molar-refractivity contribution in [3.05, 3.63) is 59.0 Å². The number of benzene rings is 1. The molecule has 2 amide bonds. The Kier molecular flexibility index (Phi) is 6.86. The highest BCUT2D eigenvalue weighted by molar-refractivity contribution is 6.35. The molecule has 3 N–H and O–H groups in total. The number of ether oxygens (including phenoxy) is 1. The molecule has 1 aromatic heterocycles. The molecule has 8 heteroatoms. The third-order valence-corrected chi connectivity index (χ3v) is 4.81. The molecule has 1 aliphatic rings. The lowest BCUT2D eigenvalue weighted by Crippen LogP contribution is -3.15. The first kappa shape index (κ1) is 19.4. The van der Waals surface area contributed by atoms with Crippen LogP contribution < -0.4 is 15.5 Å². The van der Waals surface area contributed by atoms with E-state index in [0.29, 0.717) is 24.8 Å². The Morgan fingerprint density at radius 1 is 1.07 bits per heavy atom. The van der Waals surface area contributed by atoms with Crippen LogP contribution in [-0.4, -0.2) is 44.7 Å². The van der Waals surface area contributed by atoms with E-state index in [1.807, 2.05) is 12.1 Å². The monoisotopic (exact) mass is 392 g/mol. The Hall–Kier alpha value is -2.35. The molecule has 0 aliphatic carbocycles. The number of carbonyl (C=O) groups is 2. The van der Waals surface area contributed by atoms with Gasteiger partial charge in [0, 0.05) is 11.6 Å². The lowest BCUT2D eigenvalue weighted by atomic mass is 10.1. The third-order valence-electron chi connectivity index (χ3n) is 4.55. The normalized spacial score (nSPS) is 15.9. The Labute approximate surface area is 162 Å². The van der Waals surface area contributed by atoms with Gasteiger partial charge in [-0.2, -0.15) is 0 Å². The minimum Gasteiger partial charge on any atom is -0.463 e. The Morgan fingerprint density at radius 3 is 2.44 bits per heavy atom. The summed E-state index contributed by atoms with van der Waals surface area (Å²) >= 11 is 5.83. The fourth-order valence-corrected chi connectivity index (χ4v) is 3.18. The second-order valence-electron chi connectivity index (χ2n) is 6.36. The molecule has 1 atom stereocenters. The highest BCUT2D eigenvalue weighted by Gasteiger charge is 2.29. The second-order valence-corrected chi connectivity index (χ2v) is 6.79. The average molecular weight is 393 g/mol. The van der Waals surface area contributed by atoms with Gasteiger partial charge in [-0.05, 0) is 29.8 Å². The maximum Gasteiger partial charge on any atom is 0.309 e. The van der Waals surface area contributed by atoms with Gasteiger partial charge in [-0.1, -0.05) is 23.7 Å². The minimum absolute atomic E-state index is 0.0584. The van der Waals surface area contributed by atoms with Gasteiger partial charge >= 0.3 is 11.8 Å². The molecule has 1 aliphatic heterocycles. The number of nitrogens with one attached hydrogen (secondary N) is 3. The van der Waals surface area contributed by atoms with Crippen LogP contribution in [0.3, 0.4) is 0 Å². The molecule has 1 aromatic carbocycles. The summed E-state index contributed by atoms with van der Waals surface area (Å²) in [5.41, 5.74) is 0.867. The van der Waals surface area contributed by atoms with E-state index in [4.69, 9.17) is 20.8 Å². The lowest BCUT2D eigenvalue weighted by Gasteiger charge is -2.30. The van der Waals surface area contributed by atoms with Crippen LogP contribution in [0.25, 0.3) is 0 Å². The van der Waals surface area contributed by atoms with Crippen molar-refractivity contribution in [3.63, 3.8) is 0 Å². The Bertz CT molecular complexity index is 743. The van der Waals surface area contributed by atoms with Crippen LogP contribution >= 0.6 is 11.6 Å². The van der Waals surface area contributed by atoms with Crippen molar-refractivity contribution < 1.29 is 23.6 Å². The molecular formula is C19H23ClN3O4+. The second kappa shape index (κ2) is 9.55. The largest absolute Gasteiger partial charge is 0.463 e. The van der Waals surface area contributed by atoms with Gasteiger partial charge < -0.3 is 24.7 Å². The standard InChI is InChI=1S/C19H22ClN3O4/c20-15-5-3-14(4-6-15)12-21-18(24)19(25)22-13-16(17-2-1-9-27-17)23-7-10-26-11-8-23/h1-6,9,16H,7-8,10-13H2,(H,21,24)(H,22,25)/p+1/t16-/m1/s1. The van der Waals surface area contributed by atoms with Gasteiger partial charge in [0.05, 0.1) is 26.0 Å². The van der Waals surface area contributed by atoms with Crippen LogP contribution in [0.5, 0.6) is 0 Å². The van der Waals surface area contributed by atoms with Gasteiger partial charge in [0.15, 0.2) is 11.8 Å². The molecule has 3 rings (SSSR count). The number of furan rings is 1. The summed E-state index contributed by atoms with van der Waals surface area (Å²) in [6.45, 7) is 3.56. The van der Waals surface area contributed by atoms with E-state index < -0.39 is 11.8 Å².